The maximum Gasteiger partial charge on any atom is 0.325 e. The Kier molecular flexibility index (Phi) is 7.13. The second-order valence-corrected chi connectivity index (χ2v) is 5.89. The zero-order valence-electron chi connectivity index (χ0n) is 14.7. The number of esters is 1. The van der Waals surface area contributed by atoms with Crippen LogP contribution in [0.2, 0.25) is 5.02 Å². The number of nitrogens with one attached hydrogen (secondary N) is 2. The van der Waals surface area contributed by atoms with Crippen LogP contribution < -0.4 is 15.4 Å². The molecule has 0 atom stereocenters. The topological polar surface area (TPSA) is 107 Å². The molecule has 2 amide bonds. The van der Waals surface area contributed by atoms with E-state index in [1.165, 1.54) is 25.4 Å². The molecule has 1 aromatic carbocycles. The first-order valence-corrected chi connectivity index (χ1v) is 8.26. The Bertz CT molecular complexity index is 857. The van der Waals surface area contributed by atoms with E-state index in [0.29, 0.717) is 16.5 Å². The van der Waals surface area contributed by atoms with Gasteiger partial charge in [-0.1, -0.05) is 17.7 Å². The van der Waals surface area contributed by atoms with Crippen molar-refractivity contribution in [3.8, 4) is 5.75 Å². The fourth-order valence-electron chi connectivity index (χ4n) is 2.07. The van der Waals surface area contributed by atoms with Crippen molar-refractivity contribution in [3.63, 3.8) is 0 Å². The summed E-state index contributed by atoms with van der Waals surface area (Å²) in [7, 11) is 1.48. The third-order valence-corrected chi connectivity index (χ3v) is 3.58. The number of aryl methyl sites for hydroxylation is 1. The number of amides is 2. The summed E-state index contributed by atoms with van der Waals surface area (Å²) in [5.74, 6) is -1.39. The first kappa shape index (κ1) is 20.2. The second kappa shape index (κ2) is 9.54. The van der Waals surface area contributed by atoms with Crippen molar-refractivity contribution in [2.75, 3.05) is 25.6 Å². The van der Waals surface area contributed by atoms with Crippen molar-refractivity contribution >= 4 is 35.1 Å². The Hall–Kier alpha value is -3.13. The van der Waals surface area contributed by atoms with Gasteiger partial charge in [-0.25, -0.2) is 0 Å². The van der Waals surface area contributed by atoms with E-state index in [4.69, 9.17) is 21.1 Å². The fourth-order valence-corrected chi connectivity index (χ4v) is 2.23. The third-order valence-electron chi connectivity index (χ3n) is 3.34. The first-order chi connectivity index (χ1) is 12.9. The van der Waals surface area contributed by atoms with E-state index in [1.54, 1.807) is 12.1 Å². The molecule has 0 unspecified atom stereocenters. The number of nitrogens with zero attached hydrogens (tertiary/aromatic N) is 1. The number of hydrogen-bond acceptors (Lipinski definition) is 6. The van der Waals surface area contributed by atoms with Crippen LogP contribution >= 0.6 is 11.6 Å². The number of pyridine rings is 1. The number of rotatable bonds is 7. The van der Waals surface area contributed by atoms with Crippen LogP contribution in [0.3, 0.4) is 0 Å². The predicted molar refractivity (Wildman–Crippen MR) is 98.9 cm³/mol. The number of hydrogen-bond donors (Lipinski definition) is 2. The van der Waals surface area contributed by atoms with Gasteiger partial charge in [0.2, 0.25) is 0 Å². The molecule has 8 nitrogen and oxygen atoms in total. The molecular formula is C18H18ClN3O5. The highest BCUT2D eigenvalue weighted by molar-refractivity contribution is 6.30. The van der Waals surface area contributed by atoms with Crippen molar-refractivity contribution in [2.45, 2.75) is 6.92 Å². The summed E-state index contributed by atoms with van der Waals surface area (Å²) in [5.41, 5.74) is 1.47. The van der Waals surface area contributed by atoms with Gasteiger partial charge >= 0.3 is 5.97 Å². The number of anilines is 1. The van der Waals surface area contributed by atoms with E-state index in [2.05, 4.69) is 15.6 Å². The highest BCUT2D eigenvalue weighted by atomic mass is 35.5. The number of benzene rings is 1. The molecule has 0 aliphatic carbocycles. The Morgan fingerprint density at radius 2 is 1.96 bits per heavy atom. The Morgan fingerprint density at radius 1 is 1.19 bits per heavy atom. The van der Waals surface area contributed by atoms with E-state index in [0.717, 1.165) is 5.56 Å². The minimum Gasteiger partial charge on any atom is -0.495 e. The molecule has 1 aromatic heterocycles. The van der Waals surface area contributed by atoms with Crippen molar-refractivity contribution in [2.24, 2.45) is 0 Å². The lowest BCUT2D eigenvalue weighted by Gasteiger charge is -2.11. The number of aromatic nitrogens is 1. The molecule has 27 heavy (non-hydrogen) atoms. The summed E-state index contributed by atoms with van der Waals surface area (Å²) in [4.78, 5) is 39.3. The van der Waals surface area contributed by atoms with Gasteiger partial charge < -0.3 is 20.1 Å². The van der Waals surface area contributed by atoms with Crippen molar-refractivity contribution in [1.82, 2.24) is 10.3 Å². The average Bonchev–Trinajstić information content (AvgIpc) is 2.64. The van der Waals surface area contributed by atoms with Gasteiger partial charge in [0.15, 0.2) is 6.61 Å². The van der Waals surface area contributed by atoms with Crippen molar-refractivity contribution in [3.05, 3.63) is 52.8 Å². The van der Waals surface area contributed by atoms with Crippen LogP contribution in [-0.4, -0.2) is 43.0 Å². The van der Waals surface area contributed by atoms with Crippen LogP contribution in [0.1, 0.15) is 16.1 Å². The van der Waals surface area contributed by atoms with Gasteiger partial charge in [-0.05, 0) is 36.8 Å². The monoisotopic (exact) mass is 391 g/mol. The van der Waals surface area contributed by atoms with Gasteiger partial charge in [-0.15, -0.1) is 0 Å². The van der Waals surface area contributed by atoms with Gasteiger partial charge in [0.05, 0.1) is 12.8 Å². The molecule has 142 valence electrons. The van der Waals surface area contributed by atoms with Crippen LogP contribution in [0.15, 0.2) is 36.5 Å². The number of methoxy groups -OCH3 is 1. The zero-order valence-corrected chi connectivity index (χ0v) is 15.5. The Balaban J connectivity index is 1.79. The molecule has 9 heteroatoms. The van der Waals surface area contributed by atoms with Gasteiger partial charge in [-0.3, -0.25) is 19.4 Å². The SMILES string of the molecule is COc1ccc(C)cc1NC(=O)COC(=O)CNC(=O)c1cc(Cl)ccn1. The first-order valence-electron chi connectivity index (χ1n) is 7.89. The van der Waals surface area contributed by atoms with E-state index in [1.807, 2.05) is 13.0 Å². The lowest BCUT2D eigenvalue weighted by molar-refractivity contribution is -0.146. The molecule has 0 aliphatic rings. The molecule has 0 radical (unpaired) electrons. The predicted octanol–water partition coefficient (Wildman–Crippen LogP) is 1.96. The summed E-state index contributed by atoms with van der Waals surface area (Å²) >= 11 is 5.77. The number of carbonyl (C=O) groups is 3. The molecule has 1 heterocycles. The number of carbonyl (C=O) groups excluding carboxylic acids is 3. The quantitative estimate of drug-likeness (QED) is 0.699. The molecule has 0 spiro atoms. The van der Waals surface area contributed by atoms with Crippen LogP contribution in [0, 0.1) is 6.92 Å². The van der Waals surface area contributed by atoms with Crippen LogP contribution in [0.5, 0.6) is 5.75 Å². The maximum absolute atomic E-state index is 11.9. The minimum atomic E-state index is -0.767. The summed E-state index contributed by atoms with van der Waals surface area (Å²) in [6, 6.07) is 8.18. The average molecular weight is 392 g/mol. The molecular weight excluding hydrogens is 374 g/mol. The largest absolute Gasteiger partial charge is 0.495 e. The highest BCUT2D eigenvalue weighted by Gasteiger charge is 2.13. The van der Waals surface area contributed by atoms with Crippen molar-refractivity contribution in [1.29, 1.82) is 0 Å². The molecule has 0 fully saturated rings. The molecule has 0 aliphatic heterocycles. The van der Waals surface area contributed by atoms with Gasteiger partial charge in [0, 0.05) is 11.2 Å². The smallest absolute Gasteiger partial charge is 0.325 e. The molecule has 2 aromatic rings. The second-order valence-electron chi connectivity index (χ2n) is 5.45. The number of halogens is 1. The van der Waals surface area contributed by atoms with Crippen LogP contribution in [0.25, 0.3) is 0 Å². The molecule has 2 N–H and O–H groups in total. The van der Waals surface area contributed by atoms with Gasteiger partial charge in [0.1, 0.15) is 18.0 Å². The molecule has 2 rings (SSSR count). The lowest BCUT2D eigenvalue weighted by atomic mass is 10.2. The summed E-state index contributed by atoms with van der Waals surface area (Å²) in [6.45, 7) is 0.960. The normalized spacial score (nSPS) is 10.0. The minimum absolute atomic E-state index is 0.0691. The van der Waals surface area contributed by atoms with E-state index in [-0.39, 0.29) is 5.69 Å². The number of ether oxygens (including phenoxy) is 2. The summed E-state index contributed by atoms with van der Waals surface area (Å²) < 4.78 is 9.99. The maximum atomic E-state index is 11.9. The lowest BCUT2D eigenvalue weighted by Crippen LogP contribution is -2.32. The molecule has 0 saturated carbocycles. The molecule has 0 bridgehead atoms. The molecule has 0 saturated heterocycles. The van der Waals surface area contributed by atoms with Gasteiger partial charge in [0.25, 0.3) is 11.8 Å². The Labute approximate surface area is 160 Å². The zero-order chi connectivity index (χ0) is 19.8. The summed E-state index contributed by atoms with van der Waals surface area (Å²) in [5, 5.41) is 5.29. The van der Waals surface area contributed by atoms with Crippen LogP contribution in [0.4, 0.5) is 5.69 Å². The fraction of sp³-hybridized carbons (Fsp3) is 0.222. The summed E-state index contributed by atoms with van der Waals surface area (Å²) in [6.07, 6.45) is 1.37. The highest BCUT2D eigenvalue weighted by Crippen LogP contribution is 2.24. The Morgan fingerprint density at radius 3 is 2.67 bits per heavy atom. The van der Waals surface area contributed by atoms with Crippen LogP contribution in [-0.2, 0) is 14.3 Å². The third kappa shape index (κ3) is 6.27. The van der Waals surface area contributed by atoms with Crippen molar-refractivity contribution < 1.29 is 23.9 Å². The van der Waals surface area contributed by atoms with Gasteiger partial charge in [-0.2, -0.15) is 0 Å². The van der Waals surface area contributed by atoms with E-state index >= 15 is 0 Å². The standard InChI is InChI=1S/C18H18ClN3O5/c1-11-3-4-15(26-2)13(7-11)22-16(23)10-27-17(24)9-21-18(25)14-8-12(19)5-6-20-14/h3-8H,9-10H2,1-2H3,(H,21,25)(H,22,23). The van der Waals surface area contributed by atoms with E-state index in [9.17, 15) is 14.4 Å². The van der Waals surface area contributed by atoms with E-state index < -0.39 is 30.9 Å².